The van der Waals surface area contributed by atoms with Crippen molar-refractivity contribution >= 4 is 45.9 Å². The fraction of sp³-hybridized carbons (Fsp3) is 0.467. The highest BCUT2D eigenvalue weighted by Crippen LogP contribution is 2.30. The zero-order valence-electron chi connectivity index (χ0n) is 14.9. The third-order valence-electron chi connectivity index (χ3n) is 3.79. The van der Waals surface area contributed by atoms with Crippen LogP contribution in [0.25, 0.3) is 11.0 Å². The Labute approximate surface area is 162 Å². The normalized spacial score (nSPS) is 12.1. The van der Waals surface area contributed by atoms with Crippen molar-refractivity contribution in [2.45, 2.75) is 37.0 Å². The van der Waals surface area contributed by atoms with Crippen molar-refractivity contribution in [3.8, 4) is 0 Å². The summed E-state index contributed by atoms with van der Waals surface area (Å²) < 4.78 is 6.75. The minimum atomic E-state index is -0.427. The summed E-state index contributed by atoms with van der Waals surface area (Å²) in [7, 11) is 3.04. The molecule has 138 valence electrons. The molecule has 0 bridgehead atoms. The zero-order valence-corrected chi connectivity index (χ0v) is 17.3. The summed E-state index contributed by atoms with van der Waals surface area (Å²) in [5.41, 5.74) is -0.242. The van der Waals surface area contributed by atoms with Gasteiger partial charge in [-0.1, -0.05) is 48.6 Å². The summed E-state index contributed by atoms with van der Waals surface area (Å²) in [6.07, 6.45) is 0. The lowest BCUT2D eigenvalue weighted by Crippen LogP contribution is -2.38. The standard InChI is InChI=1S/C15H17ClN6O2S2/c1-15(2,3)13-17-10-8(12(23)22(5)14(24)21(10)4)11(18-13)25-6-7-9(16)26-20-19-7/h6H2,1-5H3. The predicted molar refractivity (Wildman–Crippen MR) is 103 cm³/mol. The molecule has 0 unspecified atom stereocenters. The number of nitrogens with zero attached hydrogens (tertiary/aromatic N) is 6. The number of aromatic nitrogens is 6. The molecule has 8 nitrogen and oxygen atoms in total. The Morgan fingerprint density at radius 3 is 2.42 bits per heavy atom. The van der Waals surface area contributed by atoms with Gasteiger partial charge in [0.2, 0.25) is 0 Å². The summed E-state index contributed by atoms with van der Waals surface area (Å²) in [5.74, 6) is 0.968. The maximum absolute atomic E-state index is 12.7. The SMILES string of the molecule is Cn1c(=O)c2c(SCc3nnsc3Cl)nc(C(C)(C)C)nc2n(C)c1=O. The highest BCUT2D eigenvalue weighted by Gasteiger charge is 2.24. The summed E-state index contributed by atoms with van der Waals surface area (Å²) in [6, 6.07) is 0. The summed E-state index contributed by atoms with van der Waals surface area (Å²) in [5, 5.41) is 4.80. The molecule has 0 atom stereocenters. The van der Waals surface area contributed by atoms with E-state index in [0.29, 0.717) is 37.7 Å². The first-order valence-corrected chi connectivity index (χ1v) is 9.82. The van der Waals surface area contributed by atoms with Gasteiger partial charge in [0.1, 0.15) is 26.3 Å². The van der Waals surface area contributed by atoms with Gasteiger partial charge < -0.3 is 0 Å². The van der Waals surface area contributed by atoms with Crippen LogP contribution in [-0.4, -0.2) is 28.7 Å². The van der Waals surface area contributed by atoms with Gasteiger partial charge >= 0.3 is 5.69 Å². The number of aryl methyl sites for hydroxylation is 1. The van der Waals surface area contributed by atoms with Crippen LogP contribution in [0.3, 0.4) is 0 Å². The molecular weight excluding hydrogens is 396 g/mol. The molecule has 0 aliphatic heterocycles. The van der Waals surface area contributed by atoms with Crippen LogP contribution < -0.4 is 11.2 Å². The van der Waals surface area contributed by atoms with E-state index >= 15 is 0 Å². The molecule has 0 aliphatic carbocycles. The van der Waals surface area contributed by atoms with E-state index in [4.69, 9.17) is 11.6 Å². The van der Waals surface area contributed by atoms with Crippen molar-refractivity contribution < 1.29 is 0 Å². The maximum atomic E-state index is 12.7. The van der Waals surface area contributed by atoms with E-state index in [-0.39, 0.29) is 5.41 Å². The monoisotopic (exact) mass is 412 g/mol. The minimum Gasteiger partial charge on any atom is -0.280 e. The molecule has 0 saturated heterocycles. The van der Waals surface area contributed by atoms with Crippen LogP contribution in [0, 0.1) is 0 Å². The topological polar surface area (TPSA) is 95.6 Å². The lowest BCUT2D eigenvalue weighted by atomic mass is 9.96. The van der Waals surface area contributed by atoms with Crippen molar-refractivity contribution in [3.63, 3.8) is 0 Å². The molecule has 0 radical (unpaired) electrons. The van der Waals surface area contributed by atoms with E-state index in [2.05, 4.69) is 19.6 Å². The Morgan fingerprint density at radius 2 is 1.85 bits per heavy atom. The van der Waals surface area contributed by atoms with Gasteiger partial charge in [-0.3, -0.25) is 13.9 Å². The Morgan fingerprint density at radius 1 is 1.15 bits per heavy atom. The summed E-state index contributed by atoms with van der Waals surface area (Å²) in [4.78, 5) is 34.1. The molecule has 26 heavy (non-hydrogen) atoms. The van der Waals surface area contributed by atoms with Crippen molar-refractivity contribution in [2.75, 3.05) is 0 Å². The smallest absolute Gasteiger partial charge is 0.280 e. The van der Waals surface area contributed by atoms with Gasteiger partial charge in [0.25, 0.3) is 5.56 Å². The van der Waals surface area contributed by atoms with Crippen molar-refractivity contribution in [1.82, 2.24) is 28.7 Å². The molecule has 3 rings (SSSR count). The van der Waals surface area contributed by atoms with Gasteiger partial charge in [0.05, 0.1) is 0 Å². The van der Waals surface area contributed by atoms with Crippen LogP contribution in [0.5, 0.6) is 0 Å². The van der Waals surface area contributed by atoms with E-state index in [1.807, 2.05) is 20.8 Å². The van der Waals surface area contributed by atoms with Gasteiger partial charge in [-0.05, 0) is 0 Å². The fourth-order valence-electron chi connectivity index (χ4n) is 2.29. The third-order valence-corrected chi connectivity index (χ3v) is 5.76. The molecule has 0 saturated carbocycles. The quantitative estimate of drug-likeness (QED) is 0.480. The second-order valence-electron chi connectivity index (χ2n) is 6.79. The van der Waals surface area contributed by atoms with Crippen LogP contribution >= 0.6 is 34.9 Å². The first-order chi connectivity index (χ1) is 12.1. The van der Waals surface area contributed by atoms with Crippen LogP contribution in [-0.2, 0) is 25.3 Å². The van der Waals surface area contributed by atoms with E-state index < -0.39 is 11.2 Å². The van der Waals surface area contributed by atoms with Crippen molar-refractivity contribution in [1.29, 1.82) is 0 Å². The predicted octanol–water partition coefficient (Wildman–Crippen LogP) is 2.12. The summed E-state index contributed by atoms with van der Waals surface area (Å²) >= 11 is 8.50. The van der Waals surface area contributed by atoms with Crippen LogP contribution in [0.2, 0.25) is 4.34 Å². The third kappa shape index (κ3) is 3.28. The zero-order chi connectivity index (χ0) is 19.2. The molecule has 0 spiro atoms. The van der Waals surface area contributed by atoms with E-state index in [1.165, 1.54) is 23.4 Å². The highest BCUT2D eigenvalue weighted by molar-refractivity contribution is 7.98. The van der Waals surface area contributed by atoms with Gasteiger partial charge in [0.15, 0.2) is 5.65 Å². The van der Waals surface area contributed by atoms with E-state index in [9.17, 15) is 9.59 Å². The molecule has 3 aromatic heterocycles. The molecule has 0 fully saturated rings. The van der Waals surface area contributed by atoms with Crippen molar-refractivity contribution in [3.05, 3.63) is 36.7 Å². The summed E-state index contributed by atoms with van der Waals surface area (Å²) in [6.45, 7) is 5.93. The largest absolute Gasteiger partial charge is 0.332 e. The van der Waals surface area contributed by atoms with Crippen LogP contribution in [0.15, 0.2) is 14.6 Å². The van der Waals surface area contributed by atoms with Gasteiger partial charge in [-0.2, -0.15) is 0 Å². The number of hydrogen-bond acceptors (Lipinski definition) is 8. The number of fused-ring (bicyclic) bond motifs is 1. The lowest BCUT2D eigenvalue weighted by Gasteiger charge is -2.19. The average Bonchev–Trinajstić information content (AvgIpc) is 2.99. The second kappa shape index (κ2) is 6.75. The first-order valence-electron chi connectivity index (χ1n) is 7.69. The molecule has 0 aromatic carbocycles. The fourth-order valence-corrected chi connectivity index (χ4v) is 4.04. The molecule has 11 heteroatoms. The molecular formula is C15H17ClN6O2S2. The van der Waals surface area contributed by atoms with Gasteiger partial charge in [-0.15, -0.1) is 5.10 Å². The van der Waals surface area contributed by atoms with E-state index in [1.54, 1.807) is 7.05 Å². The van der Waals surface area contributed by atoms with Gasteiger partial charge in [0, 0.05) is 36.8 Å². The Balaban J connectivity index is 2.26. The second-order valence-corrected chi connectivity index (χ2v) is 9.11. The molecule has 0 N–H and O–H groups in total. The number of hydrogen-bond donors (Lipinski definition) is 0. The number of rotatable bonds is 3. The molecule has 3 aromatic rings. The van der Waals surface area contributed by atoms with Crippen LogP contribution in [0.1, 0.15) is 32.3 Å². The molecule has 3 heterocycles. The van der Waals surface area contributed by atoms with Crippen molar-refractivity contribution in [2.24, 2.45) is 14.1 Å². The van der Waals surface area contributed by atoms with E-state index in [0.717, 1.165) is 16.1 Å². The Hall–Kier alpha value is -1.78. The minimum absolute atomic E-state index is 0.312. The molecule has 0 amide bonds. The van der Waals surface area contributed by atoms with Crippen LogP contribution in [0.4, 0.5) is 0 Å². The number of thioether (sulfide) groups is 1. The first kappa shape index (κ1) is 19.0. The van der Waals surface area contributed by atoms with Gasteiger partial charge in [-0.25, -0.2) is 14.8 Å². The Kier molecular flexibility index (Phi) is 4.93. The Bertz CT molecular complexity index is 1110. The lowest BCUT2D eigenvalue weighted by molar-refractivity contribution is 0.539. The molecule has 0 aliphatic rings. The maximum Gasteiger partial charge on any atom is 0.332 e. The highest BCUT2D eigenvalue weighted by atomic mass is 35.5. The number of halogens is 1. The average molecular weight is 413 g/mol.